The number of carbonyl (C=O) groups is 2. The molecule has 5 nitrogen and oxygen atoms in total. The molecule has 1 aliphatic rings. The van der Waals surface area contributed by atoms with E-state index in [4.69, 9.17) is 6.42 Å². The van der Waals surface area contributed by atoms with Crippen molar-refractivity contribution in [2.24, 2.45) is 5.92 Å². The van der Waals surface area contributed by atoms with Crippen LogP contribution in [0.2, 0.25) is 0 Å². The number of urea groups is 1. The number of nitrogens with one attached hydrogen (secondary N) is 2. The summed E-state index contributed by atoms with van der Waals surface area (Å²) in [6, 6.07) is 6.22. The number of terminal acetylenes is 1. The number of benzene rings is 1. The molecule has 3 N–H and O–H groups in total. The number of hydrogen-bond donors (Lipinski definition) is 3. The average Bonchev–Trinajstić information content (AvgIpc) is 2.47. The molecule has 2 rings (SSSR count). The lowest BCUT2D eigenvalue weighted by Gasteiger charge is -2.29. The first kappa shape index (κ1) is 14.9. The molecule has 0 aliphatic heterocycles. The SMILES string of the molecule is C#Cc1cccc(NC(=O)NC2CCCCC2C(=O)O)c1. The largest absolute Gasteiger partial charge is 0.481 e. The highest BCUT2D eigenvalue weighted by atomic mass is 16.4. The van der Waals surface area contributed by atoms with Crippen LogP contribution in [0.25, 0.3) is 0 Å². The number of amides is 2. The second kappa shape index (κ2) is 6.80. The lowest BCUT2D eigenvalue weighted by molar-refractivity contribution is -0.143. The van der Waals surface area contributed by atoms with E-state index in [0.717, 1.165) is 12.8 Å². The number of carboxylic acid groups (broad SMARTS) is 1. The molecular formula is C16H18N2O3. The second-order valence-electron chi connectivity index (χ2n) is 5.16. The van der Waals surface area contributed by atoms with Gasteiger partial charge < -0.3 is 15.7 Å². The van der Waals surface area contributed by atoms with E-state index >= 15 is 0 Å². The van der Waals surface area contributed by atoms with E-state index < -0.39 is 17.9 Å². The van der Waals surface area contributed by atoms with Crippen molar-refractivity contribution >= 4 is 17.7 Å². The van der Waals surface area contributed by atoms with Gasteiger partial charge in [-0.2, -0.15) is 0 Å². The molecule has 2 atom stereocenters. The fourth-order valence-corrected chi connectivity index (χ4v) is 2.62. The van der Waals surface area contributed by atoms with Crippen LogP contribution in [0.5, 0.6) is 0 Å². The smallest absolute Gasteiger partial charge is 0.319 e. The molecule has 0 aromatic heterocycles. The standard InChI is InChI=1S/C16H18N2O3/c1-2-11-6-5-7-12(10-11)17-16(21)18-14-9-4-3-8-13(14)15(19)20/h1,5-7,10,13-14H,3-4,8-9H2,(H,19,20)(H2,17,18,21). The molecule has 5 heteroatoms. The maximum atomic E-state index is 12.0. The van der Waals surface area contributed by atoms with Crippen molar-refractivity contribution < 1.29 is 14.7 Å². The Morgan fingerprint density at radius 3 is 2.76 bits per heavy atom. The highest BCUT2D eigenvalue weighted by molar-refractivity contribution is 5.90. The van der Waals surface area contributed by atoms with Crippen molar-refractivity contribution in [3.05, 3.63) is 29.8 Å². The van der Waals surface area contributed by atoms with E-state index in [1.165, 1.54) is 0 Å². The van der Waals surface area contributed by atoms with Crippen LogP contribution in [0.4, 0.5) is 10.5 Å². The van der Waals surface area contributed by atoms with Crippen molar-refractivity contribution in [2.45, 2.75) is 31.7 Å². The second-order valence-corrected chi connectivity index (χ2v) is 5.16. The number of aliphatic carboxylic acids is 1. The number of anilines is 1. The highest BCUT2D eigenvalue weighted by Gasteiger charge is 2.31. The van der Waals surface area contributed by atoms with Crippen molar-refractivity contribution in [1.82, 2.24) is 5.32 Å². The molecule has 0 bridgehead atoms. The summed E-state index contributed by atoms with van der Waals surface area (Å²) in [6.07, 6.45) is 8.42. The summed E-state index contributed by atoms with van der Waals surface area (Å²) >= 11 is 0. The Balaban J connectivity index is 1.97. The Bertz CT molecular complexity index is 577. The summed E-state index contributed by atoms with van der Waals surface area (Å²) in [5.74, 6) is 1.13. The van der Waals surface area contributed by atoms with E-state index in [-0.39, 0.29) is 6.04 Å². The lowest BCUT2D eigenvalue weighted by atomic mass is 9.84. The minimum Gasteiger partial charge on any atom is -0.481 e. The minimum atomic E-state index is -0.852. The zero-order valence-corrected chi connectivity index (χ0v) is 11.6. The van der Waals surface area contributed by atoms with Crippen molar-refractivity contribution in [2.75, 3.05) is 5.32 Å². The van der Waals surface area contributed by atoms with Crippen LogP contribution in [-0.4, -0.2) is 23.1 Å². The average molecular weight is 286 g/mol. The molecule has 2 unspecified atom stereocenters. The third-order valence-electron chi connectivity index (χ3n) is 3.69. The van der Waals surface area contributed by atoms with E-state index in [1.807, 2.05) is 0 Å². The van der Waals surface area contributed by atoms with Gasteiger partial charge in [-0.3, -0.25) is 4.79 Å². The van der Waals surface area contributed by atoms with Crippen molar-refractivity contribution in [3.63, 3.8) is 0 Å². The molecule has 2 amide bonds. The van der Waals surface area contributed by atoms with Gasteiger partial charge in [0.15, 0.2) is 0 Å². The summed E-state index contributed by atoms with van der Waals surface area (Å²) in [5.41, 5.74) is 1.26. The molecule has 0 heterocycles. The van der Waals surface area contributed by atoms with Gasteiger partial charge in [0.25, 0.3) is 0 Å². The van der Waals surface area contributed by atoms with Crippen LogP contribution in [-0.2, 0) is 4.79 Å². The van der Waals surface area contributed by atoms with Gasteiger partial charge in [-0.05, 0) is 31.0 Å². The van der Waals surface area contributed by atoms with Crippen LogP contribution < -0.4 is 10.6 Å². The summed E-state index contributed by atoms with van der Waals surface area (Å²) in [7, 11) is 0. The quantitative estimate of drug-likeness (QED) is 0.747. The molecule has 0 saturated heterocycles. The van der Waals surface area contributed by atoms with Gasteiger partial charge in [-0.15, -0.1) is 6.42 Å². The number of rotatable bonds is 3. The first-order valence-corrected chi connectivity index (χ1v) is 6.97. The summed E-state index contributed by atoms with van der Waals surface area (Å²) in [5, 5.41) is 14.6. The van der Waals surface area contributed by atoms with Crippen molar-refractivity contribution in [1.29, 1.82) is 0 Å². The van der Waals surface area contributed by atoms with E-state index in [9.17, 15) is 14.7 Å². The topological polar surface area (TPSA) is 78.4 Å². The molecular weight excluding hydrogens is 268 g/mol. The highest BCUT2D eigenvalue weighted by Crippen LogP contribution is 2.24. The van der Waals surface area contributed by atoms with Gasteiger partial charge in [-0.1, -0.05) is 24.8 Å². The summed E-state index contributed by atoms with van der Waals surface area (Å²) < 4.78 is 0. The monoisotopic (exact) mass is 286 g/mol. The molecule has 1 aromatic carbocycles. The minimum absolute atomic E-state index is 0.327. The summed E-state index contributed by atoms with van der Waals surface area (Å²) in [4.78, 5) is 23.2. The molecule has 1 aliphatic carbocycles. The van der Waals surface area contributed by atoms with Gasteiger partial charge in [-0.25, -0.2) is 4.79 Å². The van der Waals surface area contributed by atoms with Crippen LogP contribution in [0, 0.1) is 18.3 Å². The predicted octanol–water partition coefficient (Wildman–Crippen LogP) is 2.43. The van der Waals surface area contributed by atoms with Crippen LogP contribution >= 0.6 is 0 Å². The number of carbonyl (C=O) groups excluding carboxylic acids is 1. The Labute approximate surface area is 123 Å². The number of carboxylic acids is 1. The van der Waals surface area contributed by atoms with Crippen LogP contribution in [0.15, 0.2) is 24.3 Å². The summed E-state index contributed by atoms with van der Waals surface area (Å²) in [6.45, 7) is 0. The fraction of sp³-hybridized carbons (Fsp3) is 0.375. The van der Waals surface area contributed by atoms with Crippen molar-refractivity contribution in [3.8, 4) is 12.3 Å². The Hall–Kier alpha value is -2.48. The van der Waals surface area contributed by atoms with Gasteiger partial charge in [0.1, 0.15) is 0 Å². The first-order valence-electron chi connectivity index (χ1n) is 6.97. The van der Waals surface area contributed by atoms with Gasteiger partial charge in [0, 0.05) is 17.3 Å². The molecule has 0 spiro atoms. The van der Waals surface area contributed by atoms with Crippen LogP contribution in [0.1, 0.15) is 31.2 Å². The maximum Gasteiger partial charge on any atom is 0.319 e. The zero-order valence-electron chi connectivity index (χ0n) is 11.6. The lowest BCUT2D eigenvalue weighted by Crippen LogP contribution is -2.46. The number of hydrogen-bond acceptors (Lipinski definition) is 2. The predicted molar refractivity (Wildman–Crippen MR) is 79.9 cm³/mol. The van der Waals surface area contributed by atoms with E-state index in [2.05, 4.69) is 16.6 Å². The fourth-order valence-electron chi connectivity index (χ4n) is 2.62. The Morgan fingerprint density at radius 1 is 1.29 bits per heavy atom. The van der Waals surface area contributed by atoms with Crippen LogP contribution in [0.3, 0.4) is 0 Å². The van der Waals surface area contributed by atoms with E-state index in [0.29, 0.717) is 24.1 Å². The molecule has 1 aromatic rings. The Kier molecular flexibility index (Phi) is 4.83. The molecule has 21 heavy (non-hydrogen) atoms. The molecule has 1 fully saturated rings. The Morgan fingerprint density at radius 2 is 2.05 bits per heavy atom. The normalized spacial score (nSPS) is 21.1. The first-order chi connectivity index (χ1) is 10.1. The van der Waals surface area contributed by atoms with Gasteiger partial charge >= 0.3 is 12.0 Å². The molecule has 0 radical (unpaired) electrons. The van der Waals surface area contributed by atoms with Gasteiger partial charge in [0.2, 0.25) is 0 Å². The van der Waals surface area contributed by atoms with E-state index in [1.54, 1.807) is 24.3 Å². The van der Waals surface area contributed by atoms with Gasteiger partial charge in [0.05, 0.1) is 5.92 Å². The third-order valence-corrected chi connectivity index (χ3v) is 3.69. The molecule has 1 saturated carbocycles. The maximum absolute atomic E-state index is 12.0. The zero-order chi connectivity index (χ0) is 15.2. The third kappa shape index (κ3) is 3.99. The molecule has 110 valence electrons.